The molecule has 0 aliphatic heterocycles. The number of fused-ring (bicyclic) bond motifs is 1. The second-order valence-corrected chi connectivity index (χ2v) is 3.33. The van der Waals surface area contributed by atoms with Gasteiger partial charge in [0.15, 0.2) is 5.65 Å². The number of nitrogens with zero attached hydrogens (tertiary/aromatic N) is 2. The largest absolute Gasteiger partial charge is 0.342 e. The highest BCUT2D eigenvalue weighted by Gasteiger charge is 2.04. The summed E-state index contributed by atoms with van der Waals surface area (Å²) in [7, 11) is 0. The molecule has 0 saturated carbocycles. The van der Waals surface area contributed by atoms with E-state index in [4.69, 9.17) is 5.41 Å². The number of aromatic amines is 1. The minimum Gasteiger partial charge on any atom is -0.342 e. The number of aromatic nitrogens is 3. The second kappa shape index (κ2) is 2.73. The summed E-state index contributed by atoms with van der Waals surface area (Å²) in [4.78, 5) is 7.15. The summed E-state index contributed by atoms with van der Waals surface area (Å²) >= 11 is 0. The van der Waals surface area contributed by atoms with E-state index in [2.05, 4.69) is 23.8 Å². The van der Waals surface area contributed by atoms with Crippen molar-refractivity contribution >= 4 is 11.2 Å². The zero-order valence-electron chi connectivity index (χ0n) is 7.70. The van der Waals surface area contributed by atoms with Gasteiger partial charge in [-0.05, 0) is 19.9 Å². The van der Waals surface area contributed by atoms with E-state index >= 15 is 0 Å². The highest BCUT2D eigenvalue weighted by molar-refractivity contribution is 5.69. The smallest absolute Gasteiger partial charge is 0.160 e. The van der Waals surface area contributed by atoms with E-state index in [-0.39, 0.29) is 0 Å². The Kier molecular flexibility index (Phi) is 1.69. The lowest BCUT2D eigenvalue weighted by atomic mass is 10.3. The van der Waals surface area contributed by atoms with Crippen LogP contribution in [0.5, 0.6) is 0 Å². The van der Waals surface area contributed by atoms with Crippen molar-refractivity contribution in [2.45, 2.75) is 19.9 Å². The lowest BCUT2D eigenvalue weighted by molar-refractivity contribution is 0.613. The Bertz CT molecular complexity index is 478. The number of imidazole rings is 1. The van der Waals surface area contributed by atoms with Gasteiger partial charge in [0.1, 0.15) is 5.52 Å². The summed E-state index contributed by atoms with van der Waals surface area (Å²) in [5.41, 5.74) is 1.65. The Labute approximate surface area is 75.8 Å². The quantitative estimate of drug-likeness (QED) is 0.678. The Morgan fingerprint density at radius 1 is 1.54 bits per heavy atom. The van der Waals surface area contributed by atoms with Crippen molar-refractivity contribution in [1.29, 1.82) is 5.41 Å². The van der Waals surface area contributed by atoms with Crippen LogP contribution < -0.4 is 5.36 Å². The first-order valence-corrected chi connectivity index (χ1v) is 4.29. The van der Waals surface area contributed by atoms with Crippen molar-refractivity contribution < 1.29 is 0 Å². The molecule has 0 aliphatic rings. The van der Waals surface area contributed by atoms with Crippen molar-refractivity contribution in [3.05, 3.63) is 23.9 Å². The molecular formula is C9H12N4. The van der Waals surface area contributed by atoms with Gasteiger partial charge in [0.25, 0.3) is 0 Å². The molecule has 0 aromatic carbocycles. The number of pyridine rings is 1. The fraction of sp³-hybridized carbons (Fsp3) is 0.333. The molecule has 2 N–H and O–H groups in total. The van der Waals surface area contributed by atoms with Gasteiger partial charge >= 0.3 is 0 Å². The van der Waals surface area contributed by atoms with E-state index in [1.54, 1.807) is 12.4 Å². The minimum absolute atomic E-state index is 0.367. The molecule has 0 radical (unpaired) electrons. The maximum atomic E-state index is 7.63. The van der Waals surface area contributed by atoms with Crippen LogP contribution >= 0.6 is 0 Å². The maximum Gasteiger partial charge on any atom is 0.160 e. The summed E-state index contributed by atoms with van der Waals surface area (Å²) in [6.07, 6.45) is 3.53. The van der Waals surface area contributed by atoms with E-state index < -0.39 is 0 Å². The summed E-state index contributed by atoms with van der Waals surface area (Å²) < 4.78 is 2.05. The molecule has 0 spiro atoms. The van der Waals surface area contributed by atoms with Gasteiger partial charge in [-0.3, -0.25) is 5.41 Å². The summed E-state index contributed by atoms with van der Waals surface area (Å²) in [5, 5.41) is 8.12. The normalized spacial score (nSPS) is 11.3. The molecule has 2 heterocycles. The molecule has 4 nitrogen and oxygen atoms in total. The third-order valence-electron chi connectivity index (χ3n) is 2.09. The lowest BCUT2D eigenvalue weighted by Gasteiger charge is -2.10. The highest BCUT2D eigenvalue weighted by Crippen LogP contribution is 2.10. The molecule has 2 aromatic heterocycles. The molecule has 0 fully saturated rings. The monoisotopic (exact) mass is 176 g/mol. The first-order chi connectivity index (χ1) is 6.20. The van der Waals surface area contributed by atoms with Crippen molar-refractivity contribution in [1.82, 2.24) is 14.5 Å². The Hall–Kier alpha value is -1.58. The molecule has 13 heavy (non-hydrogen) atoms. The average Bonchev–Trinajstić information content (AvgIpc) is 2.53. The molecular weight excluding hydrogens is 164 g/mol. The van der Waals surface area contributed by atoms with Crippen LogP contribution in [0.1, 0.15) is 19.9 Å². The molecule has 0 atom stereocenters. The van der Waals surface area contributed by atoms with Crippen LogP contribution in [-0.2, 0) is 0 Å². The van der Waals surface area contributed by atoms with Crippen LogP contribution in [0, 0.1) is 5.41 Å². The van der Waals surface area contributed by atoms with Crippen molar-refractivity contribution in [2.75, 3.05) is 0 Å². The van der Waals surface area contributed by atoms with Crippen LogP contribution in [0.25, 0.3) is 11.2 Å². The third-order valence-corrected chi connectivity index (χ3v) is 2.09. The van der Waals surface area contributed by atoms with Crippen molar-refractivity contribution in [3.63, 3.8) is 0 Å². The van der Waals surface area contributed by atoms with E-state index in [9.17, 15) is 0 Å². The number of hydrogen-bond donors (Lipinski definition) is 2. The molecule has 4 heteroatoms. The second-order valence-electron chi connectivity index (χ2n) is 3.33. The molecule has 0 bridgehead atoms. The number of nitrogens with one attached hydrogen (secondary N) is 2. The molecule has 2 rings (SSSR count). The highest BCUT2D eigenvalue weighted by atomic mass is 15.1. The van der Waals surface area contributed by atoms with Gasteiger partial charge in [-0.15, -0.1) is 0 Å². The lowest BCUT2D eigenvalue weighted by Crippen LogP contribution is -2.09. The van der Waals surface area contributed by atoms with Crippen LogP contribution in [0.2, 0.25) is 0 Å². The molecule has 68 valence electrons. The first kappa shape index (κ1) is 8.04. The summed E-state index contributed by atoms with van der Waals surface area (Å²) in [6.45, 7) is 4.19. The van der Waals surface area contributed by atoms with Gasteiger partial charge in [-0.2, -0.15) is 0 Å². The average molecular weight is 176 g/mol. The van der Waals surface area contributed by atoms with Crippen molar-refractivity contribution in [2.24, 2.45) is 0 Å². The van der Waals surface area contributed by atoms with Gasteiger partial charge in [-0.25, -0.2) is 4.98 Å². The number of H-pyrrole nitrogens is 1. The predicted molar refractivity (Wildman–Crippen MR) is 50.3 cm³/mol. The summed E-state index contributed by atoms with van der Waals surface area (Å²) in [6, 6.07) is 2.15. The molecule has 0 amide bonds. The van der Waals surface area contributed by atoms with Crippen LogP contribution in [-0.4, -0.2) is 14.5 Å². The number of hydrogen-bond acceptors (Lipinski definition) is 2. The van der Waals surface area contributed by atoms with E-state index in [0.717, 1.165) is 11.2 Å². The predicted octanol–water partition coefficient (Wildman–Crippen LogP) is 1.42. The number of rotatable bonds is 1. The van der Waals surface area contributed by atoms with Gasteiger partial charge in [0, 0.05) is 12.2 Å². The van der Waals surface area contributed by atoms with Crippen LogP contribution in [0.4, 0.5) is 0 Å². The Morgan fingerprint density at radius 3 is 3.00 bits per heavy atom. The van der Waals surface area contributed by atoms with E-state index in [0.29, 0.717) is 11.4 Å². The van der Waals surface area contributed by atoms with Gasteiger partial charge < -0.3 is 9.55 Å². The standard InChI is InChI=1S/C9H12N4/c1-6(2)13-4-3-7(10)8-9(13)12-5-11-8/h3-6,10H,1-2H3,(H,11,12). The first-order valence-electron chi connectivity index (χ1n) is 4.29. The topological polar surface area (TPSA) is 57.5 Å². The molecule has 0 aliphatic carbocycles. The SMILES string of the molecule is CC(C)n1ccc(=N)c2[nH]cnc21. The zero-order chi connectivity index (χ0) is 9.42. The summed E-state index contributed by atoms with van der Waals surface area (Å²) in [5.74, 6) is 0. The zero-order valence-corrected chi connectivity index (χ0v) is 7.70. The van der Waals surface area contributed by atoms with E-state index in [1.165, 1.54) is 0 Å². The third kappa shape index (κ3) is 1.14. The fourth-order valence-electron chi connectivity index (χ4n) is 1.41. The van der Waals surface area contributed by atoms with Crippen LogP contribution in [0.15, 0.2) is 18.6 Å². The van der Waals surface area contributed by atoms with Gasteiger partial charge in [0.05, 0.1) is 11.7 Å². The van der Waals surface area contributed by atoms with E-state index in [1.807, 2.05) is 10.8 Å². The maximum absolute atomic E-state index is 7.63. The molecule has 0 unspecified atom stereocenters. The van der Waals surface area contributed by atoms with Gasteiger partial charge in [0.2, 0.25) is 0 Å². The molecule has 2 aromatic rings. The van der Waals surface area contributed by atoms with Crippen molar-refractivity contribution in [3.8, 4) is 0 Å². The van der Waals surface area contributed by atoms with Crippen LogP contribution in [0.3, 0.4) is 0 Å². The van der Waals surface area contributed by atoms with Gasteiger partial charge in [-0.1, -0.05) is 0 Å². The fourth-order valence-corrected chi connectivity index (χ4v) is 1.41. The molecule has 0 saturated heterocycles. The minimum atomic E-state index is 0.367. The Balaban J connectivity index is 2.86. The Morgan fingerprint density at radius 2 is 2.31 bits per heavy atom.